The van der Waals surface area contributed by atoms with Crippen molar-refractivity contribution >= 4 is 5.78 Å². The maximum Gasteiger partial charge on any atom is 0.165 e. The highest BCUT2D eigenvalue weighted by molar-refractivity contribution is 5.95. The van der Waals surface area contributed by atoms with E-state index in [4.69, 9.17) is 0 Å². The first-order valence-corrected chi connectivity index (χ1v) is 6.20. The van der Waals surface area contributed by atoms with E-state index in [1.54, 1.807) is 17.1 Å². The Hall–Kier alpha value is -1.91. The van der Waals surface area contributed by atoms with Crippen molar-refractivity contribution in [3.8, 4) is 0 Å². The highest BCUT2D eigenvalue weighted by Crippen LogP contribution is 2.07. The van der Waals surface area contributed by atoms with E-state index in [9.17, 15) is 4.79 Å². The van der Waals surface area contributed by atoms with Crippen LogP contribution < -0.4 is 0 Å². The molecule has 0 aliphatic carbocycles. The first-order chi connectivity index (χ1) is 8.60. The van der Waals surface area contributed by atoms with E-state index < -0.39 is 0 Å². The summed E-state index contributed by atoms with van der Waals surface area (Å²) in [6.45, 7) is 6.62. The Bertz CT molecular complexity index is 539. The van der Waals surface area contributed by atoms with Crippen molar-refractivity contribution in [3.05, 3.63) is 35.9 Å². The molecule has 2 heterocycles. The average molecular weight is 246 g/mol. The molecule has 0 unspecified atom stereocenters. The summed E-state index contributed by atoms with van der Waals surface area (Å²) in [5.41, 5.74) is 1.61. The number of carbonyl (C=O) groups excluding carboxylic acids is 1. The summed E-state index contributed by atoms with van der Waals surface area (Å²) < 4.78 is 3.66. The predicted octanol–water partition coefficient (Wildman–Crippen LogP) is 2.30. The van der Waals surface area contributed by atoms with E-state index in [1.165, 1.54) is 0 Å². The van der Waals surface area contributed by atoms with Gasteiger partial charge in [-0.05, 0) is 19.9 Å². The minimum absolute atomic E-state index is 0.119. The maximum atomic E-state index is 11.5. The first kappa shape index (κ1) is 12.5. The van der Waals surface area contributed by atoms with E-state index in [-0.39, 0.29) is 5.78 Å². The molecule has 0 atom stereocenters. The smallest absolute Gasteiger partial charge is 0.165 e. The second-order valence-electron chi connectivity index (χ2n) is 4.58. The number of carbonyl (C=O) groups is 1. The van der Waals surface area contributed by atoms with E-state index in [0.29, 0.717) is 24.6 Å². The van der Waals surface area contributed by atoms with Crippen LogP contribution in [0.4, 0.5) is 0 Å². The third-order valence-electron chi connectivity index (χ3n) is 2.79. The topological polar surface area (TPSA) is 52.7 Å². The summed E-state index contributed by atoms with van der Waals surface area (Å²) in [4.78, 5) is 11.5. The van der Waals surface area contributed by atoms with Crippen molar-refractivity contribution in [2.45, 2.75) is 39.8 Å². The van der Waals surface area contributed by atoms with Gasteiger partial charge >= 0.3 is 0 Å². The van der Waals surface area contributed by atoms with Crippen LogP contribution in [0.15, 0.2) is 24.7 Å². The molecule has 0 saturated heterocycles. The SMILES string of the molecule is CCC(=O)c1cnn(Cc2ccn(C(C)C)n2)c1. The highest BCUT2D eigenvalue weighted by atomic mass is 16.1. The number of ketones is 1. The molecule has 0 N–H and O–H groups in total. The van der Waals surface area contributed by atoms with E-state index in [0.717, 1.165) is 5.69 Å². The summed E-state index contributed by atoms with van der Waals surface area (Å²) >= 11 is 0. The van der Waals surface area contributed by atoms with E-state index in [1.807, 2.05) is 23.9 Å². The Morgan fingerprint density at radius 1 is 1.44 bits per heavy atom. The van der Waals surface area contributed by atoms with Crippen LogP contribution in [0.25, 0.3) is 0 Å². The summed E-state index contributed by atoms with van der Waals surface area (Å²) in [7, 11) is 0. The summed E-state index contributed by atoms with van der Waals surface area (Å²) in [5.74, 6) is 0.119. The third-order valence-corrected chi connectivity index (χ3v) is 2.79. The van der Waals surface area contributed by atoms with Crippen LogP contribution in [-0.2, 0) is 6.54 Å². The highest BCUT2D eigenvalue weighted by Gasteiger charge is 2.08. The molecule has 5 heteroatoms. The fourth-order valence-electron chi connectivity index (χ4n) is 1.71. The number of rotatable bonds is 5. The van der Waals surface area contributed by atoms with Gasteiger partial charge in [0.25, 0.3) is 0 Å². The lowest BCUT2D eigenvalue weighted by Gasteiger charge is -2.03. The molecular weight excluding hydrogens is 228 g/mol. The number of hydrogen-bond donors (Lipinski definition) is 0. The largest absolute Gasteiger partial charge is 0.294 e. The standard InChI is InChI=1S/C13H18N4O/c1-4-13(18)11-7-14-16(8-11)9-12-5-6-17(15-12)10(2)3/h5-8,10H,4,9H2,1-3H3. The molecule has 0 aliphatic heterocycles. The Balaban J connectivity index is 2.08. The molecule has 0 fully saturated rings. The molecule has 5 nitrogen and oxygen atoms in total. The fraction of sp³-hybridized carbons (Fsp3) is 0.462. The van der Waals surface area contributed by atoms with Gasteiger partial charge in [-0.3, -0.25) is 14.2 Å². The van der Waals surface area contributed by atoms with Gasteiger partial charge in [-0.1, -0.05) is 6.92 Å². The molecule has 0 saturated carbocycles. The second kappa shape index (κ2) is 5.16. The minimum Gasteiger partial charge on any atom is -0.294 e. The molecule has 2 aromatic heterocycles. The molecule has 96 valence electrons. The lowest BCUT2D eigenvalue weighted by molar-refractivity contribution is 0.0988. The van der Waals surface area contributed by atoms with Crippen LogP contribution >= 0.6 is 0 Å². The van der Waals surface area contributed by atoms with Crippen LogP contribution in [0, 0.1) is 0 Å². The monoisotopic (exact) mass is 246 g/mol. The van der Waals surface area contributed by atoms with Crippen molar-refractivity contribution in [1.29, 1.82) is 0 Å². The molecule has 0 aliphatic rings. The Labute approximate surface area is 106 Å². The van der Waals surface area contributed by atoms with Gasteiger partial charge in [-0.15, -0.1) is 0 Å². The molecule has 2 rings (SSSR count). The Morgan fingerprint density at radius 2 is 2.22 bits per heavy atom. The quantitative estimate of drug-likeness (QED) is 0.761. The van der Waals surface area contributed by atoms with Crippen molar-refractivity contribution in [2.24, 2.45) is 0 Å². The average Bonchev–Trinajstić information content (AvgIpc) is 2.98. The first-order valence-electron chi connectivity index (χ1n) is 6.20. The van der Waals surface area contributed by atoms with Gasteiger partial charge in [-0.2, -0.15) is 10.2 Å². The van der Waals surface area contributed by atoms with Gasteiger partial charge in [0.1, 0.15) is 0 Å². The fourth-order valence-corrected chi connectivity index (χ4v) is 1.71. The Morgan fingerprint density at radius 3 is 2.83 bits per heavy atom. The number of hydrogen-bond acceptors (Lipinski definition) is 3. The predicted molar refractivity (Wildman–Crippen MR) is 68.6 cm³/mol. The normalized spacial score (nSPS) is 11.1. The summed E-state index contributed by atoms with van der Waals surface area (Å²) in [6.07, 6.45) is 5.86. The second-order valence-corrected chi connectivity index (χ2v) is 4.58. The third kappa shape index (κ3) is 2.67. The molecule has 0 aromatic carbocycles. The maximum absolute atomic E-state index is 11.5. The Kier molecular flexibility index (Phi) is 3.60. The molecule has 0 radical (unpaired) electrons. The van der Waals surface area contributed by atoms with E-state index >= 15 is 0 Å². The molecule has 0 amide bonds. The van der Waals surface area contributed by atoms with Crippen LogP contribution in [0.5, 0.6) is 0 Å². The number of Topliss-reactive ketones (excluding diaryl/α,β-unsaturated/α-hetero) is 1. The molecule has 0 spiro atoms. The van der Waals surface area contributed by atoms with Crippen LogP contribution in [0.3, 0.4) is 0 Å². The number of aromatic nitrogens is 4. The van der Waals surface area contributed by atoms with Gasteiger partial charge < -0.3 is 0 Å². The van der Waals surface area contributed by atoms with Gasteiger partial charge in [0.15, 0.2) is 5.78 Å². The van der Waals surface area contributed by atoms with Crippen molar-refractivity contribution in [2.75, 3.05) is 0 Å². The molecule has 0 bridgehead atoms. The zero-order valence-electron chi connectivity index (χ0n) is 11.0. The van der Waals surface area contributed by atoms with Gasteiger partial charge in [0.2, 0.25) is 0 Å². The van der Waals surface area contributed by atoms with Gasteiger partial charge in [-0.25, -0.2) is 0 Å². The van der Waals surface area contributed by atoms with Crippen LogP contribution in [0.2, 0.25) is 0 Å². The zero-order chi connectivity index (χ0) is 13.1. The molecule has 2 aromatic rings. The molecule has 18 heavy (non-hydrogen) atoms. The number of nitrogens with zero attached hydrogens (tertiary/aromatic N) is 4. The van der Waals surface area contributed by atoms with E-state index in [2.05, 4.69) is 24.0 Å². The van der Waals surface area contributed by atoms with Gasteiger partial charge in [0, 0.05) is 24.9 Å². The summed E-state index contributed by atoms with van der Waals surface area (Å²) in [5, 5.41) is 8.63. The van der Waals surface area contributed by atoms with Crippen LogP contribution in [-0.4, -0.2) is 25.3 Å². The minimum atomic E-state index is 0.119. The van der Waals surface area contributed by atoms with Crippen LogP contribution in [0.1, 0.15) is 49.3 Å². The zero-order valence-corrected chi connectivity index (χ0v) is 11.0. The van der Waals surface area contributed by atoms with Crippen molar-refractivity contribution in [1.82, 2.24) is 19.6 Å². The lowest BCUT2D eigenvalue weighted by atomic mass is 10.2. The summed E-state index contributed by atoms with van der Waals surface area (Å²) in [6, 6.07) is 2.33. The van der Waals surface area contributed by atoms with Crippen molar-refractivity contribution < 1.29 is 4.79 Å². The lowest BCUT2D eigenvalue weighted by Crippen LogP contribution is -2.05. The molecular formula is C13H18N4O. The van der Waals surface area contributed by atoms with Crippen molar-refractivity contribution in [3.63, 3.8) is 0 Å². The van der Waals surface area contributed by atoms with Gasteiger partial charge in [0.05, 0.1) is 24.0 Å².